The maximum absolute atomic E-state index is 12.0. The number of nitrogens with zero attached hydrogens (tertiary/aromatic N) is 3. The SMILES string of the molecule is Cc1ccc(N(Cc2n[nH]c(=S)n2N)S(C)(=O)=O)cc1. The van der Waals surface area contributed by atoms with E-state index in [2.05, 4.69) is 10.2 Å². The first-order valence-electron chi connectivity index (χ1n) is 5.75. The number of aromatic nitrogens is 3. The molecule has 0 fully saturated rings. The van der Waals surface area contributed by atoms with Crippen molar-refractivity contribution in [2.75, 3.05) is 16.4 Å². The van der Waals surface area contributed by atoms with Gasteiger partial charge in [0.2, 0.25) is 14.8 Å². The molecule has 0 aliphatic rings. The molecule has 1 heterocycles. The van der Waals surface area contributed by atoms with Crippen molar-refractivity contribution >= 4 is 27.9 Å². The van der Waals surface area contributed by atoms with Gasteiger partial charge in [0, 0.05) is 0 Å². The average molecular weight is 313 g/mol. The summed E-state index contributed by atoms with van der Waals surface area (Å²) in [7, 11) is -3.46. The van der Waals surface area contributed by atoms with Crippen molar-refractivity contribution in [2.24, 2.45) is 0 Å². The minimum atomic E-state index is -3.46. The first-order chi connectivity index (χ1) is 9.29. The summed E-state index contributed by atoms with van der Waals surface area (Å²) in [5, 5.41) is 6.45. The van der Waals surface area contributed by atoms with Gasteiger partial charge in [-0.15, -0.1) is 0 Å². The fraction of sp³-hybridized carbons (Fsp3) is 0.273. The molecule has 0 aliphatic heterocycles. The molecular formula is C11H15N5O2S2. The van der Waals surface area contributed by atoms with E-state index in [-0.39, 0.29) is 11.3 Å². The van der Waals surface area contributed by atoms with Crippen molar-refractivity contribution in [3.8, 4) is 0 Å². The van der Waals surface area contributed by atoms with Gasteiger partial charge in [0.1, 0.15) is 0 Å². The fourth-order valence-electron chi connectivity index (χ4n) is 1.69. The molecule has 0 aliphatic carbocycles. The third-order valence-corrected chi connectivity index (χ3v) is 4.21. The Balaban J connectivity index is 2.42. The van der Waals surface area contributed by atoms with Gasteiger partial charge in [-0.1, -0.05) is 17.7 Å². The monoisotopic (exact) mass is 313 g/mol. The number of H-pyrrole nitrogens is 1. The maximum Gasteiger partial charge on any atom is 0.232 e. The van der Waals surface area contributed by atoms with Crippen LogP contribution in [0.15, 0.2) is 24.3 Å². The Kier molecular flexibility index (Phi) is 3.82. The number of anilines is 1. The van der Waals surface area contributed by atoms with Crippen molar-refractivity contribution in [3.63, 3.8) is 0 Å². The summed E-state index contributed by atoms with van der Waals surface area (Å²) in [5.41, 5.74) is 1.59. The van der Waals surface area contributed by atoms with Crippen molar-refractivity contribution in [3.05, 3.63) is 40.4 Å². The van der Waals surface area contributed by atoms with Crippen molar-refractivity contribution in [1.29, 1.82) is 0 Å². The van der Waals surface area contributed by atoms with Crippen molar-refractivity contribution < 1.29 is 8.42 Å². The van der Waals surface area contributed by atoms with E-state index in [9.17, 15) is 8.42 Å². The highest BCUT2D eigenvalue weighted by Gasteiger charge is 2.20. The molecule has 9 heteroatoms. The molecule has 0 unspecified atom stereocenters. The molecular weight excluding hydrogens is 298 g/mol. The zero-order valence-electron chi connectivity index (χ0n) is 11.1. The van der Waals surface area contributed by atoms with Gasteiger partial charge < -0.3 is 5.84 Å². The van der Waals surface area contributed by atoms with E-state index in [1.54, 1.807) is 12.1 Å². The molecule has 1 aromatic carbocycles. The van der Waals surface area contributed by atoms with Crippen LogP contribution >= 0.6 is 12.2 Å². The highest BCUT2D eigenvalue weighted by Crippen LogP contribution is 2.20. The lowest BCUT2D eigenvalue weighted by Gasteiger charge is -2.21. The van der Waals surface area contributed by atoms with Crippen LogP contribution in [0, 0.1) is 11.7 Å². The van der Waals surface area contributed by atoms with E-state index in [0.29, 0.717) is 11.5 Å². The quantitative estimate of drug-likeness (QED) is 0.646. The lowest BCUT2D eigenvalue weighted by atomic mass is 10.2. The van der Waals surface area contributed by atoms with Crippen LogP contribution in [0.5, 0.6) is 0 Å². The van der Waals surface area contributed by atoms with E-state index < -0.39 is 10.0 Å². The number of nitrogen functional groups attached to an aromatic ring is 1. The maximum atomic E-state index is 12.0. The third kappa shape index (κ3) is 2.99. The first-order valence-corrected chi connectivity index (χ1v) is 8.00. The number of aryl methyl sites for hydroxylation is 1. The number of sulfonamides is 1. The van der Waals surface area contributed by atoms with Gasteiger partial charge in [-0.3, -0.25) is 9.40 Å². The van der Waals surface area contributed by atoms with Crippen molar-refractivity contribution in [2.45, 2.75) is 13.5 Å². The summed E-state index contributed by atoms with van der Waals surface area (Å²) < 4.78 is 26.5. The van der Waals surface area contributed by atoms with Crippen LogP contribution in [0.25, 0.3) is 0 Å². The number of nitrogens with one attached hydrogen (secondary N) is 1. The normalized spacial score (nSPS) is 11.5. The van der Waals surface area contributed by atoms with Gasteiger partial charge in [0.15, 0.2) is 5.82 Å². The van der Waals surface area contributed by atoms with Gasteiger partial charge in [0.05, 0.1) is 18.5 Å². The average Bonchev–Trinajstić information content (AvgIpc) is 2.67. The van der Waals surface area contributed by atoms with Gasteiger partial charge in [-0.05, 0) is 31.3 Å². The Bertz CT molecular complexity index is 761. The molecule has 0 spiro atoms. The molecule has 20 heavy (non-hydrogen) atoms. The predicted molar refractivity (Wildman–Crippen MR) is 79.8 cm³/mol. The van der Waals surface area contributed by atoms with E-state index in [0.717, 1.165) is 16.5 Å². The lowest BCUT2D eigenvalue weighted by molar-refractivity contribution is 0.594. The topological polar surface area (TPSA) is 97.0 Å². The zero-order valence-corrected chi connectivity index (χ0v) is 12.7. The summed E-state index contributed by atoms with van der Waals surface area (Å²) in [4.78, 5) is 0. The van der Waals surface area contributed by atoms with Crippen LogP contribution in [-0.4, -0.2) is 29.5 Å². The van der Waals surface area contributed by atoms with E-state index in [1.807, 2.05) is 19.1 Å². The second-order valence-corrected chi connectivity index (χ2v) is 6.71. The molecule has 2 rings (SSSR count). The molecule has 0 amide bonds. The summed E-state index contributed by atoms with van der Waals surface area (Å²) in [6.07, 6.45) is 1.13. The number of nitrogens with two attached hydrogens (primary N) is 1. The van der Waals surface area contributed by atoms with Crippen molar-refractivity contribution in [1.82, 2.24) is 14.9 Å². The van der Waals surface area contributed by atoms with Crippen LogP contribution in [0.3, 0.4) is 0 Å². The smallest absolute Gasteiger partial charge is 0.232 e. The first kappa shape index (κ1) is 14.5. The molecule has 0 saturated carbocycles. The number of rotatable bonds is 4. The molecule has 3 N–H and O–H groups in total. The van der Waals surface area contributed by atoms with Crippen LogP contribution in [0.1, 0.15) is 11.4 Å². The standard InChI is InChI=1S/C11H15N5O2S2/c1-8-3-5-9(6-4-8)15(20(2,17)18)7-10-13-14-11(19)16(10)12/h3-6H,7,12H2,1-2H3,(H,14,19). The fourth-order valence-corrected chi connectivity index (χ4v) is 2.69. The molecule has 0 bridgehead atoms. The molecule has 2 aromatic rings. The predicted octanol–water partition coefficient (Wildman–Crippen LogP) is 0.929. The van der Waals surface area contributed by atoms with E-state index in [4.69, 9.17) is 18.1 Å². The van der Waals surface area contributed by atoms with Crippen LogP contribution < -0.4 is 10.1 Å². The minimum absolute atomic E-state index is 0.00549. The van der Waals surface area contributed by atoms with Crippen LogP contribution in [0.4, 0.5) is 5.69 Å². The number of benzene rings is 1. The highest BCUT2D eigenvalue weighted by atomic mass is 32.2. The minimum Gasteiger partial charge on any atom is -0.335 e. The van der Waals surface area contributed by atoms with Gasteiger partial charge in [-0.2, -0.15) is 5.10 Å². The number of hydrogen-bond acceptors (Lipinski definition) is 5. The number of aromatic amines is 1. The summed E-state index contributed by atoms with van der Waals surface area (Å²) in [6, 6.07) is 7.15. The molecule has 1 aromatic heterocycles. The molecule has 7 nitrogen and oxygen atoms in total. The molecule has 108 valence electrons. The molecule has 0 radical (unpaired) electrons. The summed E-state index contributed by atoms with van der Waals surface area (Å²) >= 11 is 4.91. The lowest BCUT2D eigenvalue weighted by Crippen LogP contribution is -2.31. The Morgan fingerprint density at radius 1 is 1.40 bits per heavy atom. The Hall–Kier alpha value is -1.87. The highest BCUT2D eigenvalue weighted by molar-refractivity contribution is 7.92. The summed E-state index contributed by atoms with van der Waals surface area (Å²) in [6.45, 7) is 1.94. The second-order valence-electron chi connectivity index (χ2n) is 4.42. The van der Waals surface area contributed by atoms with E-state index in [1.165, 1.54) is 4.31 Å². The third-order valence-electron chi connectivity index (χ3n) is 2.78. The Morgan fingerprint density at radius 2 is 2.00 bits per heavy atom. The largest absolute Gasteiger partial charge is 0.335 e. The van der Waals surface area contributed by atoms with Crippen LogP contribution in [-0.2, 0) is 16.6 Å². The summed E-state index contributed by atoms with van der Waals surface area (Å²) in [5.74, 6) is 6.03. The second kappa shape index (κ2) is 5.25. The van der Waals surface area contributed by atoms with Gasteiger partial charge in [0.25, 0.3) is 0 Å². The molecule has 0 saturated heterocycles. The Morgan fingerprint density at radius 3 is 2.45 bits per heavy atom. The zero-order chi connectivity index (χ0) is 14.9. The van der Waals surface area contributed by atoms with Gasteiger partial charge >= 0.3 is 0 Å². The number of hydrogen-bond donors (Lipinski definition) is 2. The van der Waals surface area contributed by atoms with Gasteiger partial charge in [-0.25, -0.2) is 13.1 Å². The Labute approximate surface area is 122 Å². The van der Waals surface area contributed by atoms with Crippen LogP contribution in [0.2, 0.25) is 0 Å². The molecule has 0 atom stereocenters. The van der Waals surface area contributed by atoms with E-state index >= 15 is 0 Å².